The van der Waals surface area contributed by atoms with Gasteiger partial charge in [-0.15, -0.1) is 0 Å². The Morgan fingerprint density at radius 2 is 2.03 bits per heavy atom. The Bertz CT molecular complexity index is 1470. The lowest BCUT2D eigenvalue weighted by atomic mass is 10.1. The van der Waals surface area contributed by atoms with Crippen molar-refractivity contribution in [2.24, 2.45) is 0 Å². The Balaban J connectivity index is 1.31. The van der Waals surface area contributed by atoms with Crippen LogP contribution in [0.15, 0.2) is 67.0 Å². The third-order valence-electron chi connectivity index (χ3n) is 5.66. The van der Waals surface area contributed by atoms with E-state index in [0.717, 1.165) is 28.1 Å². The van der Waals surface area contributed by atoms with Crippen LogP contribution in [0.4, 0.5) is 10.1 Å². The Hall–Kier alpha value is -4.33. The van der Waals surface area contributed by atoms with Gasteiger partial charge in [-0.3, -0.25) is 4.79 Å². The minimum Gasteiger partial charge on any atom is -0.493 e. The second-order valence-corrected chi connectivity index (χ2v) is 8.00. The van der Waals surface area contributed by atoms with E-state index < -0.39 is 0 Å². The van der Waals surface area contributed by atoms with Gasteiger partial charge >= 0.3 is 0 Å². The van der Waals surface area contributed by atoms with Crippen molar-refractivity contribution in [2.45, 2.75) is 20.0 Å². The summed E-state index contributed by atoms with van der Waals surface area (Å²) < 4.78 is 27.0. The van der Waals surface area contributed by atoms with Crippen LogP contribution in [0.2, 0.25) is 0 Å². The van der Waals surface area contributed by atoms with E-state index in [1.165, 1.54) is 12.1 Å². The van der Waals surface area contributed by atoms with E-state index in [1.807, 2.05) is 41.9 Å². The highest BCUT2D eigenvalue weighted by Crippen LogP contribution is 2.31. The van der Waals surface area contributed by atoms with Crippen molar-refractivity contribution in [3.63, 3.8) is 0 Å². The third-order valence-corrected chi connectivity index (χ3v) is 5.66. The first-order valence-electron chi connectivity index (χ1n) is 10.8. The number of nitrogens with one attached hydrogen (secondary N) is 2. The zero-order valence-electron chi connectivity index (χ0n) is 18.8. The third kappa shape index (κ3) is 4.30. The fraction of sp³-hybridized carbons (Fsp3) is 0.154. The number of pyridine rings is 1. The number of hydrogen-bond donors (Lipinski definition) is 2. The molecule has 2 N–H and O–H groups in total. The van der Waals surface area contributed by atoms with Gasteiger partial charge in [-0.05, 0) is 55.0 Å². The smallest absolute Gasteiger partial charge is 0.228 e. The number of imidazole rings is 1. The van der Waals surface area contributed by atoms with Crippen molar-refractivity contribution in [3.05, 3.63) is 89.8 Å². The number of halogens is 1. The van der Waals surface area contributed by atoms with Crippen LogP contribution in [0.3, 0.4) is 0 Å². The summed E-state index contributed by atoms with van der Waals surface area (Å²) in [5.74, 6) is 0.479. The molecule has 1 amide bonds. The number of aromatic amines is 1. The quantitative estimate of drug-likeness (QED) is 0.358. The molecule has 3 heterocycles. The molecule has 2 aromatic carbocycles. The monoisotopic (exact) mass is 458 g/mol. The van der Waals surface area contributed by atoms with Crippen LogP contribution < -0.4 is 14.8 Å². The highest BCUT2D eigenvalue weighted by molar-refractivity contribution is 5.96. The van der Waals surface area contributed by atoms with Crippen molar-refractivity contribution in [2.75, 3.05) is 12.4 Å². The number of fused-ring (bicyclic) bond motifs is 2. The molecule has 172 valence electrons. The second kappa shape index (κ2) is 8.90. The molecule has 0 aliphatic heterocycles. The minimum atomic E-state index is -0.337. The fourth-order valence-electron chi connectivity index (χ4n) is 4.02. The number of carbonyl (C=O) groups excluding carboxylic acids is 1. The lowest BCUT2D eigenvalue weighted by Crippen LogP contribution is -2.15. The number of aromatic nitrogens is 3. The van der Waals surface area contributed by atoms with E-state index in [1.54, 1.807) is 31.4 Å². The summed E-state index contributed by atoms with van der Waals surface area (Å²) in [5, 5.41) is 3.60. The molecule has 0 radical (unpaired) electrons. The molecule has 0 bridgehead atoms. The number of benzene rings is 2. The Morgan fingerprint density at radius 3 is 2.85 bits per heavy atom. The number of amides is 1. The summed E-state index contributed by atoms with van der Waals surface area (Å²) in [6, 6.07) is 15.5. The standard InChI is InChI=1S/C26H23FN4O3/c1-16-20(21-11-17(27)6-8-22(21)28-16)13-26(32)30-18-7-9-23(33-2)24(12-18)34-15-19-14-31-10-4-3-5-25(31)29-19/h3-12,14,28H,13,15H2,1-2H3,(H,30,32). The largest absolute Gasteiger partial charge is 0.493 e. The lowest BCUT2D eigenvalue weighted by molar-refractivity contribution is -0.115. The molecule has 8 heteroatoms. The van der Waals surface area contributed by atoms with Crippen LogP contribution in [-0.2, 0) is 17.8 Å². The molecule has 5 aromatic rings. The maximum atomic E-state index is 13.7. The zero-order chi connectivity index (χ0) is 23.7. The van der Waals surface area contributed by atoms with E-state index >= 15 is 0 Å². The molecule has 0 fully saturated rings. The van der Waals surface area contributed by atoms with Gasteiger partial charge in [0.15, 0.2) is 11.5 Å². The summed E-state index contributed by atoms with van der Waals surface area (Å²) in [6.45, 7) is 2.12. The maximum Gasteiger partial charge on any atom is 0.228 e. The molecule has 5 rings (SSSR count). The highest BCUT2D eigenvalue weighted by Gasteiger charge is 2.15. The van der Waals surface area contributed by atoms with E-state index in [9.17, 15) is 9.18 Å². The summed E-state index contributed by atoms with van der Waals surface area (Å²) in [6.07, 6.45) is 3.94. The molecule has 3 aromatic heterocycles. The van der Waals surface area contributed by atoms with Crippen molar-refractivity contribution >= 4 is 28.1 Å². The topological polar surface area (TPSA) is 80.6 Å². The number of ether oxygens (including phenoxy) is 2. The van der Waals surface area contributed by atoms with Gasteiger partial charge in [0.05, 0.1) is 19.2 Å². The van der Waals surface area contributed by atoms with Crippen LogP contribution in [0.1, 0.15) is 17.0 Å². The fourth-order valence-corrected chi connectivity index (χ4v) is 4.02. The number of H-pyrrole nitrogens is 1. The maximum absolute atomic E-state index is 13.7. The number of hydrogen-bond acceptors (Lipinski definition) is 4. The van der Waals surface area contributed by atoms with E-state index in [0.29, 0.717) is 22.6 Å². The predicted octanol–water partition coefficient (Wildman–Crippen LogP) is 5.03. The van der Waals surface area contributed by atoms with E-state index in [4.69, 9.17) is 9.47 Å². The Kier molecular flexibility index (Phi) is 5.63. The van der Waals surface area contributed by atoms with Crippen LogP contribution in [0.5, 0.6) is 11.5 Å². The number of aryl methyl sites for hydroxylation is 1. The van der Waals surface area contributed by atoms with Crippen LogP contribution >= 0.6 is 0 Å². The van der Waals surface area contributed by atoms with Gasteiger partial charge in [0.2, 0.25) is 5.91 Å². The predicted molar refractivity (Wildman–Crippen MR) is 128 cm³/mol. The van der Waals surface area contributed by atoms with E-state index in [-0.39, 0.29) is 24.8 Å². The SMILES string of the molecule is COc1ccc(NC(=O)Cc2c(C)[nH]c3ccc(F)cc23)cc1OCc1cn2ccccc2n1. The lowest BCUT2D eigenvalue weighted by Gasteiger charge is -2.12. The summed E-state index contributed by atoms with van der Waals surface area (Å²) >= 11 is 0. The first-order chi connectivity index (χ1) is 16.5. The molecule has 0 unspecified atom stereocenters. The average Bonchev–Trinajstić information content (AvgIpc) is 3.38. The molecule has 7 nitrogen and oxygen atoms in total. The van der Waals surface area contributed by atoms with Gasteiger partial charge in [-0.2, -0.15) is 0 Å². The van der Waals surface area contributed by atoms with Gasteiger partial charge in [0.25, 0.3) is 0 Å². The molecule has 0 aliphatic rings. The van der Waals surface area contributed by atoms with Gasteiger partial charge in [-0.25, -0.2) is 9.37 Å². The summed E-state index contributed by atoms with van der Waals surface area (Å²) in [7, 11) is 1.56. The molecular weight excluding hydrogens is 435 g/mol. The van der Waals surface area contributed by atoms with Gasteiger partial charge < -0.3 is 24.2 Å². The normalized spacial score (nSPS) is 11.1. The van der Waals surface area contributed by atoms with E-state index in [2.05, 4.69) is 15.3 Å². The second-order valence-electron chi connectivity index (χ2n) is 8.00. The van der Waals surface area contributed by atoms with Crippen molar-refractivity contribution in [3.8, 4) is 11.5 Å². The molecule has 34 heavy (non-hydrogen) atoms. The number of anilines is 1. The zero-order valence-corrected chi connectivity index (χ0v) is 18.8. The molecule has 0 spiro atoms. The van der Waals surface area contributed by atoms with Gasteiger partial charge in [-0.1, -0.05) is 6.07 Å². The molecular formula is C26H23FN4O3. The molecule has 0 atom stereocenters. The average molecular weight is 458 g/mol. The number of rotatable bonds is 7. The highest BCUT2D eigenvalue weighted by atomic mass is 19.1. The van der Waals surface area contributed by atoms with Crippen molar-refractivity contribution in [1.82, 2.24) is 14.4 Å². The Morgan fingerprint density at radius 1 is 1.15 bits per heavy atom. The van der Waals surface area contributed by atoms with Gasteiger partial charge in [0, 0.05) is 40.7 Å². The molecule has 0 saturated carbocycles. The van der Waals surface area contributed by atoms with Crippen molar-refractivity contribution in [1.29, 1.82) is 0 Å². The summed E-state index contributed by atoms with van der Waals surface area (Å²) in [5.41, 5.74) is 4.57. The number of methoxy groups -OCH3 is 1. The first kappa shape index (κ1) is 21.5. The van der Waals surface area contributed by atoms with Crippen LogP contribution in [0.25, 0.3) is 16.6 Å². The molecule has 0 saturated heterocycles. The Labute approximate surface area is 195 Å². The minimum absolute atomic E-state index is 0.110. The van der Waals surface area contributed by atoms with Crippen molar-refractivity contribution < 1.29 is 18.7 Å². The van der Waals surface area contributed by atoms with Crippen LogP contribution in [0, 0.1) is 12.7 Å². The number of nitrogens with zero attached hydrogens (tertiary/aromatic N) is 2. The number of carbonyl (C=O) groups is 1. The van der Waals surface area contributed by atoms with Gasteiger partial charge in [0.1, 0.15) is 18.1 Å². The summed E-state index contributed by atoms with van der Waals surface area (Å²) in [4.78, 5) is 20.5. The molecule has 0 aliphatic carbocycles. The first-order valence-corrected chi connectivity index (χ1v) is 10.8. The van der Waals surface area contributed by atoms with Crippen LogP contribution in [-0.4, -0.2) is 27.4 Å².